The molecular weight excluding hydrogens is 212 g/mol. The molecule has 0 spiro atoms. The highest BCUT2D eigenvalue weighted by atomic mass is 16.3. The van der Waals surface area contributed by atoms with Crippen LogP contribution in [0, 0.1) is 5.92 Å². The molecule has 1 amide bonds. The van der Waals surface area contributed by atoms with Gasteiger partial charge in [0.25, 0.3) is 0 Å². The molecule has 5 N–H and O–H groups in total. The van der Waals surface area contributed by atoms with Crippen molar-refractivity contribution in [1.82, 2.24) is 4.90 Å². The van der Waals surface area contributed by atoms with E-state index in [0.29, 0.717) is 13.0 Å². The van der Waals surface area contributed by atoms with Crippen molar-refractivity contribution in [2.45, 2.75) is 31.6 Å². The summed E-state index contributed by atoms with van der Waals surface area (Å²) < 4.78 is 0. The summed E-state index contributed by atoms with van der Waals surface area (Å²) in [5.41, 5.74) is 5.26. The molecule has 0 aromatic carbocycles. The van der Waals surface area contributed by atoms with Gasteiger partial charge in [-0.1, -0.05) is 6.92 Å². The summed E-state index contributed by atoms with van der Waals surface area (Å²) in [4.78, 5) is 12.9. The minimum Gasteiger partial charge on any atom is -0.396 e. The van der Waals surface area contributed by atoms with Gasteiger partial charge in [0.05, 0.1) is 18.2 Å². The molecule has 3 unspecified atom stereocenters. The van der Waals surface area contributed by atoms with Crippen LogP contribution in [0.2, 0.25) is 0 Å². The number of nitrogens with zero attached hydrogens (tertiary/aromatic N) is 1. The van der Waals surface area contributed by atoms with E-state index < -0.39 is 30.1 Å². The lowest BCUT2D eigenvalue weighted by Gasteiger charge is -2.41. The van der Waals surface area contributed by atoms with Crippen molar-refractivity contribution in [1.29, 1.82) is 0 Å². The number of β-amino-alcohol motifs (C(OH)–C–C–N with tert-alkyl or cyclic N) is 1. The zero-order valence-electron chi connectivity index (χ0n) is 9.41. The van der Waals surface area contributed by atoms with Gasteiger partial charge in [-0.2, -0.15) is 0 Å². The monoisotopic (exact) mass is 232 g/mol. The van der Waals surface area contributed by atoms with Crippen molar-refractivity contribution < 1.29 is 20.1 Å². The lowest BCUT2D eigenvalue weighted by Crippen LogP contribution is -2.58. The summed E-state index contributed by atoms with van der Waals surface area (Å²) in [5.74, 6) is -0.875. The number of carbonyl (C=O) groups excluding carboxylic acids is 1. The fraction of sp³-hybridized carbons (Fsp3) is 0.900. The Morgan fingerprint density at radius 1 is 1.50 bits per heavy atom. The molecule has 6 heteroatoms. The molecule has 4 atom stereocenters. The van der Waals surface area contributed by atoms with Crippen molar-refractivity contribution in [2.24, 2.45) is 11.7 Å². The molecule has 94 valence electrons. The van der Waals surface area contributed by atoms with Gasteiger partial charge in [-0.25, -0.2) is 0 Å². The average molecular weight is 232 g/mol. The van der Waals surface area contributed by atoms with Crippen LogP contribution in [0.3, 0.4) is 0 Å². The topological polar surface area (TPSA) is 107 Å². The van der Waals surface area contributed by atoms with Crippen molar-refractivity contribution >= 4 is 5.91 Å². The minimum absolute atomic E-state index is 0.207. The summed E-state index contributed by atoms with van der Waals surface area (Å²) in [6, 6.07) is -0.448. The Labute approximate surface area is 94.7 Å². The number of hydrogen-bond donors (Lipinski definition) is 4. The third-order valence-corrected chi connectivity index (χ3v) is 3.16. The van der Waals surface area contributed by atoms with Gasteiger partial charge in [0.1, 0.15) is 0 Å². The molecule has 16 heavy (non-hydrogen) atoms. The smallest absolute Gasteiger partial charge is 0.234 e. The molecule has 1 aliphatic heterocycles. The minimum atomic E-state index is -0.945. The summed E-state index contributed by atoms with van der Waals surface area (Å²) in [5, 5.41) is 28.3. The number of nitrogens with two attached hydrogens (primary N) is 1. The first-order valence-electron chi connectivity index (χ1n) is 5.51. The van der Waals surface area contributed by atoms with Crippen LogP contribution in [0.4, 0.5) is 0 Å². The van der Waals surface area contributed by atoms with Gasteiger partial charge in [-0.3, -0.25) is 9.69 Å². The maximum Gasteiger partial charge on any atom is 0.234 e. The molecular formula is C10H20N2O4. The standard InChI is InChI=1S/C10H20N2O4/c1-2-7(10(11)16)12-3-6(5-13)9(15)8(14)4-12/h6-9,13-15H,2-5H2,1H3,(H2,11,16)/t6?,7-,8?,9?/m1/s1. The molecule has 0 aromatic rings. The van der Waals surface area contributed by atoms with Gasteiger partial charge in [0, 0.05) is 25.6 Å². The van der Waals surface area contributed by atoms with Gasteiger partial charge in [-0.05, 0) is 6.42 Å². The predicted molar refractivity (Wildman–Crippen MR) is 57.4 cm³/mol. The van der Waals surface area contributed by atoms with Gasteiger partial charge < -0.3 is 21.1 Å². The molecule has 0 saturated carbocycles. The summed E-state index contributed by atoms with van der Waals surface area (Å²) >= 11 is 0. The number of primary amides is 1. The number of aliphatic hydroxyl groups is 3. The summed E-state index contributed by atoms with van der Waals surface area (Å²) in [7, 11) is 0. The first kappa shape index (κ1) is 13.4. The van der Waals surface area contributed by atoms with E-state index >= 15 is 0 Å². The van der Waals surface area contributed by atoms with Crippen LogP contribution in [-0.4, -0.2) is 64.1 Å². The highest BCUT2D eigenvalue weighted by molar-refractivity contribution is 5.79. The molecule has 1 saturated heterocycles. The largest absolute Gasteiger partial charge is 0.396 e. The van der Waals surface area contributed by atoms with Crippen LogP contribution in [-0.2, 0) is 4.79 Å². The Bertz CT molecular complexity index is 249. The SMILES string of the molecule is CC[C@H](C(N)=O)N1CC(O)C(O)C(CO)C1. The van der Waals surface area contributed by atoms with E-state index in [1.165, 1.54) is 0 Å². The number of aliphatic hydroxyl groups excluding tert-OH is 3. The second-order valence-electron chi connectivity index (χ2n) is 4.28. The number of piperidine rings is 1. The third-order valence-electron chi connectivity index (χ3n) is 3.16. The molecule has 0 aliphatic carbocycles. The molecule has 1 heterocycles. The van der Waals surface area contributed by atoms with Gasteiger partial charge >= 0.3 is 0 Å². The van der Waals surface area contributed by atoms with Gasteiger partial charge in [-0.15, -0.1) is 0 Å². The fourth-order valence-electron chi connectivity index (χ4n) is 2.21. The quantitative estimate of drug-likeness (QED) is 0.444. The van der Waals surface area contributed by atoms with Crippen LogP contribution in [0.5, 0.6) is 0 Å². The maximum absolute atomic E-state index is 11.2. The van der Waals surface area contributed by atoms with Crippen molar-refractivity contribution in [3.63, 3.8) is 0 Å². The molecule has 0 radical (unpaired) electrons. The zero-order valence-corrected chi connectivity index (χ0v) is 9.41. The highest BCUT2D eigenvalue weighted by Crippen LogP contribution is 2.20. The van der Waals surface area contributed by atoms with E-state index in [1.807, 2.05) is 6.92 Å². The van der Waals surface area contributed by atoms with E-state index in [4.69, 9.17) is 10.8 Å². The zero-order chi connectivity index (χ0) is 12.3. The first-order valence-corrected chi connectivity index (χ1v) is 5.51. The Morgan fingerprint density at radius 3 is 2.56 bits per heavy atom. The normalized spacial score (nSPS) is 33.6. The third kappa shape index (κ3) is 2.70. The van der Waals surface area contributed by atoms with Crippen LogP contribution in [0.1, 0.15) is 13.3 Å². The van der Waals surface area contributed by atoms with Crippen molar-refractivity contribution in [2.75, 3.05) is 19.7 Å². The van der Waals surface area contributed by atoms with Gasteiger partial charge in [0.15, 0.2) is 0 Å². The fourth-order valence-corrected chi connectivity index (χ4v) is 2.21. The molecule has 1 aliphatic rings. The second kappa shape index (κ2) is 5.58. The molecule has 1 rings (SSSR count). The molecule has 0 aromatic heterocycles. The van der Waals surface area contributed by atoms with Crippen LogP contribution in [0.25, 0.3) is 0 Å². The van der Waals surface area contributed by atoms with Crippen molar-refractivity contribution in [3.8, 4) is 0 Å². The Kier molecular flexibility index (Phi) is 4.67. The summed E-state index contributed by atoms with van der Waals surface area (Å²) in [6.07, 6.45) is -1.33. The number of hydrogen-bond acceptors (Lipinski definition) is 5. The highest BCUT2D eigenvalue weighted by Gasteiger charge is 2.37. The maximum atomic E-state index is 11.2. The number of likely N-dealkylation sites (tertiary alicyclic amines) is 1. The molecule has 0 bridgehead atoms. The van der Waals surface area contributed by atoms with Crippen LogP contribution in [0.15, 0.2) is 0 Å². The van der Waals surface area contributed by atoms with E-state index in [2.05, 4.69) is 0 Å². The van der Waals surface area contributed by atoms with Gasteiger partial charge in [0.2, 0.25) is 5.91 Å². The first-order chi connectivity index (χ1) is 7.51. The van der Waals surface area contributed by atoms with E-state index in [1.54, 1.807) is 4.90 Å². The Hall–Kier alpha value is -0.690. The number of amides is 1. The van der Waals surface area contributed by atoms with E-state index in [0.717, 1.165) is 0 Å². The van der Waals surface area contributed by atoms with Crippen LogP contribution < -0.4 is 5.73 Å². The predicted octanol–water partition coefficient (Wildman–Crippen LogP) is -2.10. The van der Waals surface area contributed by atoms with E-state index in [9.17, 15) is 15.0 Å². The van der Waals surface area contributed by atoms with Crippen LogP contribution >= 0.6 is 0 Å². The average Bonchev–Trinajstić information content (AvgIpc) is 2.23. The Morgan fingerprint density at radius 2 is 2.12 bits per heavy atom. The summed E-state index contributed by atoms with van der Waals surface area (Å²) in [6.45, 7) is 2.19. The number of rotatable bonds is 4. The van der Waals surface area contributed by atoms with Crippen molar-refractivity contribution in [3.05, 3.63) is 0 Å². The second-order valence-corrected chi connectivity index (χ2v) is 4.28. The lowest BCUT2D eigenvalue weighted by atomic mass is 9.91. The Balaban J connectivity index is 2.72. The molecule has 6 nitrogen and oxygen atoms in total. The molecule has 1 fully saturated rings. The number of carbonyl (C=O) groups is 1. The lowest BCUT2D eigenvalue weighted by molar-refractivity contribution is -0.131. The van der Waals surface area contributed by atoms with E-state index in [-0.39, 0.29) is 13.2 Å².